The van der Waals surface area contributed by atoms with Crippen LogP contribution in [0.1, 0.15) is 18.9 Å². The van der Waals surface area contributed by atoms with Gasteiger partial charge >= 0.3 is 0 Å². The standard InChI is InChI=1S/C14H18O3/c1-4-12(15)7-5-6-11-8-9-13(16-2)14(10-11)17-3/h5,7-10H,4,6H2,1-3H3. The molecule has 0 amide bonds. The number of rotatable bonds is 6. The highest BCUT2D eigenvalue weighted by molar-refractivity contribution is 5.89. The van der Waals surface area contributed by atoms with Gasteiger partial charge in [-0.3, -0.25) is 4.79 Å². The van der Waals surface area contributed by atoms with Crippen LogP contribution in [0.25, 0.3) is 0 Å². The predicted octanol–water partition coefficient (Wildman–Crippen LogP) is 2.78. The molecule has 0 spiro atoms. The van der Waals surface area contributed by atoms with Crippen LogP contribution < -0.4 is 9.47 Å². The second-order valence-electron chi connectivity index (χ2n) is 3.62. The van der Waals surface area contributed by atoms with Crippen molar-refractivity contribution < 1.29 is 14.3 Å². The number of hydrogen-bond donors (Lipinski definition) is 0. The second-order valence-corrected chi connectivity index (χ2v) is 3.62. The lowest BCUT2D eigenvalue weighted by Gasteiger charge is -2.08. The third kappa shape index (κ3) is 3.94. The molecule has 0 aliphatic rings. The summed E-state index contributed by atoms with van der Waals surface area (Å²) in [5.41, 5.74) is 1.09. The van der Waals surface area contributed by atoms with Crippen LogP contribution in [0, 0.1) is 0 Å². The van der Waals surface area contributed by atoms with Gasteiger partial charge in [0, 0.05) is 6.42 Å². The number of carbonyl (C=O) groups is 1. The molecule has 1 rings (SSSR count). The fraction of sp³-hybridized carbons (Fsp3) is 0.357. The lowest BCUT2D eigenvalue weighted by Crippen LogP contribution is -1.92. The molecule has 3 heteroatoms. The third-order valence-corrected chi connectivity index (χ3v) is 2.45. The summed E-state index contributed by atoms with van der Waals surface area (Å²) in [6.45, 7) is 1.85. The lowest BCUT2D eigenvalue weighted by molar-refractivity contribution is -0.114. The Kier molecular flexibility index (Phi) is 5.27. The van der Waals surface area contributed by atoms with Gasteiger partial charge in [0.05, 0.1) is 14.2 Å². The van der Waals surface area contributed by atoms with Crippen LogP contribution in [0.15, 0.2) is 30.4 Å². The van der Waals surface area contributed by atoms with Crippen LogP contribution in [0.4, 0.5) is 0 Å². The van der Waals surface area contributed by atoms with E-state index in [4.69, 9.17) is 9.47 Å². The first-order valence-electron chi connectivity index (χ1n) is 5.61. The summed E-state index contributed by atoms with van der Waals surface area (Å²) in [6.07, 6.45) is 4.75. The van der Waals surface area contributed by atoms with Gasteiger partial charge in [0.1, 0.15) is 0 Å². The SMILES string of the molecule is CCC(=O)C=CCc1ccc(OC)c(OC)c1. The molecule has 0 saturated carbocycles. The van der Waals surface area contributed by atoms with Crippen molar-refractivity contribution in [3.05, 3.63) is 35.9 Å². The number of hydrogen-bond acceptors (Lipinski definition) is 3. The van der Waals surface area contributed by atoms with Crippen molar-refractivity contribution in [3.8, 4) is 11.5 Å². The van der Waals surface area contributed by atoms with E-state index < -0.39 is 0 Å². The molecule has 0 aromatic heterocycles. The van der Waals surface area contributed by atoms with E-state index in [0.717, 1.165) is 5.56 Å². The largest absolute Gasteiger partial charge is 0.493 e. The molecule has 0 heterocycles. The minimum atomic E-state index is 0.144. The van der Waals surface area contributed by atoms with Crippen LogP contribution in [0.5, 0.6) is 11.5 Å². The Morgan fingerprint density at radius 3 is 2.53 bits per heavy atom. The highest BCUT2D eigenvalue weighted by Gasteiger charge is 2.03. The van der Waals surface area contributed by atoms with E-state index in [9.17, 15) is 4.79 Å². The van der Waals surface area contributed by atoms with Gasteiger partial charge in [0.15, 0.2) is 17.3 Å². The topological polar surface area (TPSA) is 35.5 Å². The fourth-order valence-corrected chi connectivity index (χ4v) is 1.45. The molecule has 17 heavy (non-hydrogen) atoms. The molecule has 1 aromatic rings. The highest BCUT2D eigenvalue weighted by atomic mass is 16.5. The minimum absolute atomic E-state index is 0.144. The van der Waals surface area contributed by atoms with Crippen molar-refractivity contribution in [2.75, 3.05) is 14.2 Å². The van der Waals surface area contributed by atoms with Gasteiger partial charge < -0.3 is 9.47 Å². The first-order valence-corrected chi connectivity index (χ1v) is 5.61. The molecular formula is C14H18O3. The average molecular weight is 234 g/mol. The van der Waals surface area contributed by atoms with Gasteiger partial charge in [-0.05, 0) is 30.2 Å². The summed E-state index contributed by atoms with van der Waals surface area (Å²) in [4.78, 5) is 11.1. The van der Waals surface area contributed by atoms with Crippen molar-refractivity contribution in [1.29, 1.82) is 0 Å². The molecule has 0 aliphatic heterocycles. The van der Waals surface area contributed by atoms with Crippen molar-refractivity contribution in [1.82, 2.24) is 0 Å². The Hall–Kier alpha value is -1.77. The van der Waals surface area contributed by atoms with Gasteiger partial charge in [-0.25, -0.2) is 0 Å². The van der Waals surface area contributed by atoms with E-state index in [1.165, 1.54) is 0 Å². The molecule has 1 aromatic carbocycles. The zero-order valence-electron chi connectivity index (χ0n) is 10.5. The normalized spacial score (nSPS) is 10.5. The summed E-state index contributed by atoms with van der Waals surface area (Å²) < 4.78 is 10.4. The lowest BCUT2D eigenvalue weighted by atomic mass is 10.1. The summed E-state index contributed by atoms with van der Waals surface area (Å²) >= 11 is 0. The molecular weight excluding hydrogens is 216 g/mol. The molecule has 92 valence electrons. The Morgan fingerprint density at radius 1 is 1.24 bits per heavy atom. The van der Waals surface area contributed by atoms with Gasteiger partial charge in [-0.2, -0.15) is 0 Å². The Morgan fingerprint density at radius 2 is 1.94 bits per heavy atom. The first-order chi connectivity index (χ1) is 8.21. The number of benzene rings is 1. The predicted molar refractivity (Wildman–Crippen MR) is 67.7 cm³/mol. The number of ketones is 1. The fourth-order valence-electron chi connectivity index (χ4n) is 1.45. The number of methoxy groups -OCH3 is 2. The van der Waals surface area contributed by atoms with Gasteiger partial charge in [0.2, 0.25) is 0 Å². The first kappa shape index (κ1) is 13.3. The van der Waals surface area contributed by atoms with Crippen LogP contribution in [-0.4, -0.2) is 20.0 Å². The maximum Gasteiger partial charge on any atom is 0.160 e. The van der Waals surface area contributed by atoms with E-state index in [1.54, 1.807) is 20.3 Å². The minimum Gasteiger partial charge on any atom is -0.493 e. The summed E-state index contributed by atoms with van der Waals surface area (Å²) in [7, 11) is 3.22. The molecule has 0 aliphatic carbocycles. The molecule has 0 fully saturated rings. The van der Waals surface area contributed by atoms with Gasteiger partial charge in [-0.1, -0.05) is 19.1 Å². The molecule has 0 atom stereocenters. The molecule has 3 nitrogen and oxygen atoms in total. The van der Waals surface area contributed by atoms with E-state index in [2.05, 4.69) is 0 Å². The molecule has 0 unspecified atom stereocenters. The second kappa shape index (κ2) is 6.74. The van der Waals surface area contributed by atoms with E-state index in [-0.39, 0.29) is 5.78 Å². The molecule has 0 N–H and O–H groups in total. The van der Waals surface area contributed by atoms with Gasteiger partial charge in [-0.15, -0.1) is 0 Å². The smallest absolute Gasteiger partial charge is 0.160 e. The van der Waals surface area contributed by atoms with E-state index in [0.29, 0.717) is 24.3 Å². The molecule has 0 radical (unpaired) electrons. The van der Waals surface area contributed by atoms with Crippen molar-refractivity contribution in [3.63, 3.8) is 0 Å². The van der Waals surface area contributed by atoms with Crippen molar-refractivity contribution in [2.24, 2.45) is 0 Å². The average Bonchev–Trinajstić information content (AvgIpc) is 2.38. The zero-order chi connectivity index (χ0) is 12.7. The van der Waals surface area contributed by atoms with E-state index in [1.807, 2.05) is 31.2 Å². The molecule has 0 saturated heterocycles. The van der Waals surface area contributed by atoms with Gasteiger partial charge in [0.25, 0.3) is 0 Å². The summed E-state index contributed by atoms with van der Waals surface area (Å²) in [5.74, 6) is 1.57. The maximum atomic E-state index is 11.1. The number of carbonyl (C=O) groups excluding carboxylic acids is 1. The quantitative estimate of drug-likeness (QED) is 0.710. The number of ether oxygens (including phenoxy) is 2. The highest BCUT2D eigenvalue weighted by Crippen LogP contribution is 2.27. The van der Waals surface area contributed by atoms with E-state index >= 15 is 0 Å². The van der Waals surface area contributed by atoms with Crippen LogP contribution in [0.3, 0.4) is 0 Å². The van der Waals surface area contributed by atoms with Crippen molar-refractivity contribution in [2.45, 2.75) is 19.8 Å². The van der Waals surface area contributed by atoms with Crippen molar-refractivity contribution >= 4 is 5.78 Å². The summed E-state index contributed by atoms with van der Waals surface area (Å²) in [6, 6.07) is 5.74. The summed E-state index contributed by atoms with van der Waals surface area (Å²) in [5, 5.41) is 0. The Bertz CT molecular complexity index is 408. The van der Waals surface area contributed by atoms with Crippen LogP contribution >= 0.6 is 0 Å². The molecule has 0 bridgehead atoms. The Labute approximate surface area is 102 Å². The zero-order valence-corrected chi connectivity index (χ0v) is 10.5. The third-order valence-electron chi connectivity index (χ3n) is 2.45. The number of allylic oxidation sites excluding steroid dienone is 2. The Balaban J connectivity index is 2.72. The van der Waals surface area contributed by atoms with Crippen LogP contribution in [0.2, 0.25) is 0 Å². The maximum absolute atomic E-state index is 11.1. The van der Waals surface area contributed by atoms with Crippen LogP contribution in [-0.2, 0) is 11.2 Å². The monoisotopic (exact) mass is 234 g/mol.